The Hall–Kier alpha value is -2.42. The van der Waals surface area contributed by atoms with E-state index in [0.29, 0.717) is 17.9 Å². The molecule has 8 heteroatoms. The summed E-state index contributed by atoms with van der Waals surface area (Å²) in [5.74, 6) is -0.239. The van der Waals surface area contributed by atoms with Gasteiger partial charge in [0.15, 0.2) is 0 Å². The third-order valence-corrected chi connectivity index (χ3v) is 5.80. The van der Waals surface area contributed by atoms with E-state index in [1.54, 1.807) is 36.4 Å². The standard InChI is InChI=1S/C19H23N3O4S/c20-16-4-1-3-15(11-16)19(23)21-12-14-6-8-18(9-7-14)27(24,25)22-13-17-5-2-10-26-17/h1,3-4,6-9,11,17,22H,2,5,10,12-13,20H2,(H,21,23). The molecule has 3 rings (SSSR count). The average molecular weight is 389 g/mol. The lowest BCUT2D eigenvalue weighted by atomic mass is 10.2. The number of benzene rings is 2. The summed E-state index contributed by atoms with van der Waals surface area (Å²) in [5.41, 5.74) is 7.47. The van der Waals surface area contributed by atoms with E-state index in [0.717, 1.165) is 18.4 Å². The van der Waals surface area contributed by atoms with Crippen LogP contribution in [0.15, 0.2) is 53.4 Å². The molecule has 0 saturated carbocycles. The molecular weight excluding hydrogens is 366 g/mol. The first kappa shape index (κ1) is 19.3. The molecule has 0 aromatic heterocycles. The maximum absolute atomic E-state index is 12.3. The third-order valence-electron chi connectivity index (χ3n) is 4.36. The fraction of sp³-hybridized carbons (Fsp3) is 0.316. The lowest BCUT2D eigenvalue weighted by molar-refractivity contribution is 0.0951. The first-order valence-corrected chi connectivity index (χ1v) is 10.3. The van der Waals surface area contributed by atoms with Crippen LogP contribution < -0.4 is 15.8 Å². The highest BCUT2D eigenvalue weighted by atomic mass is 32.2. The van der Waals surface area contributed by atoms with E-state index in [1.165, 1.54) is 12.1 Å². The van der Waals surface area contributed by atoms with Gasteiger partial charge in [-0.2, -0.15) is 0 Å². The summed E-state index contributed by atoms with van der Waals surface area (Å²) in [5, 5.41) is 2.79. The van der Waals surface area contributed by atoms with Crippen molar-refractivity contribution in [3.63, 3.8) is 0 Å². The molecule has 1 atom stereocenters. The number of nitrogen functional groups attached to an aromatic ring is 1. The van der Waals surface area contributed by atoms with E-state index in [4.69, 9.17) is 10.5 Å². The van der Waals surface area contributed by atoms with E-state index in [-0.39, 0.29) is 30.0 Å². The van der Waals surface area contributed by atoms with E-state index in [1.807, 2.05) is 0 Å². The highest BCUT2D eigenvalue weighted by Gasteiger charge is 2.20. The van der Waals surface area contributed by atoms with Crippen molar-refractivity contribution in [1.82, 2.24) is 10.0 Å². The maximum atomic E-state index is 12.3. The van der Waals surface area contributed by atoms with Gasteiger partial charge in [-0.1, -0.05) is 18.2 Å². The summed E-state index contributed by atoms with van der Waals surface area (Å²) < 4.78 is 32.7. The Morgan fingerprint density at radius 2 is 1.96 bits per heavy atom. The van der Waals surface area contributed by atoms with Crippen LogP contribution >= 0.6 is 0 Å². The number of rotatable bonds is 7. The number of nitrogens with two attached hydrogens (primary N) is 1. The Balaban J connectivity index is 1.55. The lowest BCUT2D eigenvalue weighted by Gasteiger charge is -2.12. The zero-order valence-electron chi connectivity index (χ0n) is 14.9. The van der Waals surface area contributed by atoms with Crippen LogP contribution in [0.3, 0.4) is 0 Å². The molecule has 7 nitrogen and oxygen atoms in total. The summed E-state index contributed by atoms with van der Waals surface area (Å²) in [6, 6.07) is 13.1. The normalized spacial score (nSPS) is 17.0. The summed E-state index contributed by atoms with van der Waals surface area (Å²) in [6.45, 7) is 1.25. The van der Waals surface area contributed by atoms with Crippen LogP contribution in [0.1, 0.15) is 28.8 Å². The highest BCUT2D eigenvalue weighted by molar-refractivity contribution is 7.89. The molecule has 1 heterocycles. The van der Waals surface area contributed by atoms with Gasteiger partial charge >= 0.3 is 0 Å². The number of nitrogens with one attached hydrogen (secondary N) is 2. The first-order chi connectivity index (χ1) is 12.9. The molecule has 0 radical (unpaired) electrons. The highest BCUT2D eigenvalue weighted by Crippen LogP contribution is 2.14. The average Bonchev–Trinajstić information content (AvgIpc) is 3.19. The van der Waals surface area contributed by atoms with Crippen LogP contribution in [0.2, 0.25) is 0 Å². The van der Waals surface area contributed by atoms with E-state index in [2.05, 4.69) is 10.0 Å². The number of carbonyl (C=O) groups excluding carboxylic acids is 1. The maximum Gasteiger partial charge on any atom is 0.251 e. The number of amides is 1. The van der Waals surface area contributed by atoms with Crippen molar-refractivity contribution in [1.29, 1.82) is 0 Å². The Morgan fingerprint density at radius 3 is 2.63 bits per heavy atom. The van der Waals surface area contributed by atoms with Gasteiger partial charge in [0, 0.05) is 30.9 Å². The van der Waals surface area contributed by atoms with Crippen LogP contribution in [-0.2, 0) is 21.3 Å². The summed E-state index contributed by atoms with van der Waals surface area (Å²) in [4.78, 5) is 12.3. The van der Waals surface area contributed by atoms with E-state index < -0.39 is 10.0 Å². The van der Waals surface area contributed by atoms with Crippen molar-refractivity contribution in [3.05, 3.63) is 59.7 Å². The Kier molecular flexibility index (Phi) is 6.10. The molecule has 0 spiro atoms. The smallest absolute Gasteiger partial charge is 0.251 e. The second kappa shape index (κ2) is 8.51. The van der Waals surface area contributed by atoms with Crippen molar-refractivity contribution in [2.45, 2.75) is 30.4 Å². The van der Waals surface area contributed by atoms with Gasteiger partial charge in [0.05, 0.1) is 11.0 Å². The monoisotopic (exact) mass is 389 g/mol. The summed E-state index contributed by atoms with van der Waals surface area (Å²) in [7, 11) is -3.57. The second-order valence-corrected chi connectivity index (χ2v) is 8.21. The van der Waals surface area contributed by atoms with Crippen molar-refractivity contribution in [3.8, 4) is 0 Å². The fourth-order valence-electron chi connectivity index (χ4n) is 2.84. The zero-order chi connectivity index (χ0) is 19.3. The molecule has 1 aliphatic rings. The number of ether oxygens (including phenoxy) is 1. The second-order valence-electron chi connectivity index (χ2n) is 6.44. The van der Waals surface area contributed by atoms with E-state index in [9.17, 15) is 13.2 Å². The molecule has 0 aliphatic carbocycles. The molecule has 2 aromatic rings. The number of anilines is 1. The summed E-state index contributed by atoms with van der Waals surface area (Å²) in [6.07, 6.45) is 1.78. The summed E-state index contributed by atoms with van der Waals surface area (Å²) >= 11 is 0. The van der Waals surface area contributed by atoms with Crippen molar-refractivity contribution >= 4 is 21.6 Å². The Labute approximate surface area is 159 Å². The largest absolute Gasteiger partial charge is 0.399 e. The minimum Gasteiger partial charge on any atom is -0.399 e. The fourth-order valence-corrected chi connectivity index (χ4v) is 3.91. The quantitative estimate of drug-likeness (QED) is 0.624. The van der Waals surface area contributed by atoms with Crippen LogP contribution in [-0.4, -0.2) is 33.6 Å². The van der Waals surface area contributed by atoms with Gasteiger partial charge in [0.1, 0.15) is 0 Å². The molecule has 27 heavy (non-hydrogen) atoms. The molecule has 2 aromatic carbocycles. The number of carbonyl (C=O) groups is 1. The Bertz CT molecular complexity index is 891. The van der Waals surface area contributed by atoms with Crippen molar-refractivity contribution in [2.75, 3.05) is 18.9 Å². The number of sulfonamides is 1. The molecule has 1 amide bonds. The zero-order valence-corrected chi connectivity index (χ0v) is 15.7. The molecule has 1 aliphatic heterocycles. The third kappa shape index (κ3) is 5.29. The van der Waals surface area contributed by atoms with Gasteiger partial charge in [-0.05, 0) is 48.7 Å². The molecule has 144 valence electrons. The molecule has 4 N–H and O–H groups in total. The van der Waals surface area contributed by atoms with Gasteiger partial charge in [0.25, 0.3) is 5.91 Å². The van der Waals surface area contributed by atoms with Gasteiger partial charge in [-0.15, -0.1) is 0 Å². The van der Waals surface area contributed by atoms with Crippen LogP contribution in [0.25, 0.3) is 0 Å². The van der Waals surface area contributed by atoms with Crippen LogP contribution in [0.5, 0.6) is 0 Å². The minimum atomic E-state index is -3.57. The lowest BCUT2D eigenvalue weighted by Crippen LogP contribution is -2.31. The SMILES string of the molecule is Nc1cccc(C(=O)NCc2ccc(S(=O)(=O)NCC3CCCO3)cc2)c1. The van der Waals surface area contributed by atoms with Crippen molar-refractivity contribution < 1.29 is 17.9 Å². The Morgan fingerprint density at radius 1 is 1.19 bits per heavy atom. The molecule has 1 unspecified atom stereocenters. The first-order valence-electron chi connectivity index (χ1n) is 8.78. The molecule has 1 fully saturated rings. The molecule has 1 saturated heterocycles. The molecular formula is C19H23N3O4S. The van der Waals surface area contributed by atoms with E-state index >= 15 is 0 Å². The van der Waals surface area contributed by atoms with Crippen LogP contribution in [0, 0.1) is 0 Å². The van der Waals surface area contributed by atoms with Gasteiger partial charge in [-0.25, -0.2) is 13.1 Å². The van der Waals surface area contributed by atoms with Gasteiger partial charge in [0.2, 0.25) is 10.0 Å². The van der Waals surface area contributed by atoms with Gasteiger partial charge < -0.3 is 15.8 Å². The van der Waals surface area contributed by atoms with Gasteiger partial charge in [-0.3, -0.25) is 4.79 Å². The minimum absolute atomic E-state index is 0.0544. The van der Waals surface area contributed by atoms with Crippen molar-refractivity contribution in [2.24, 2.45) is 0 Å². The topological polar surface area (TPSA) is 111 Å². The predicted molar refractivity (Wildman–Crippen MR) is 103 cm³/mol. The predicted octanol–water partition coefficient (Wildman–Crippen LogP) is 1.66. The number of hydrogen-bond acceptors (Lipinski definition) is 5. The number of hydrogen-bond donors (Lipinski definition) is 3. The molecule has 0 bridgehead atoms. The van der Waals surface area contributed by atoms with Crippen LogP contribution in [0.4, 0.5) is 5.69 Å².